The molecule has 2 atom stereocenters. The summed E-state index contributed by atoms with van der Waals surface area (Å²) in [5.41, 5.74) is 1.72. The minimum absolute atomic E-state index is 0.0308. The zero-order valence-electron chi connectivity index (χ0n) is 17.0. The van der Waals surface area contributed by atoms with E-state index < -0.39 is 12.1 Å². The van der Waals surface area contributed by atoms with Gasteiger partial charge in [-0.1, -0.05) is 18.2 Å². The van der Waals surface area contributed by atoms with Crippen LogP contribution in [0, 0.1) is 0 Å². The number of aliphatic hydroxyl groups is 1. The number of ether oxygens (including phenoxy) is 4. The van der Waals surface area contributed by atoms with Crippen LogP contribution in [-0.2, 0) is 16.0 Å². The van der Waals surface area contributed by atoms with Crippen LogP contribution in [0.4, 0.5) is 0 Å². The summed E-state index contributed by atoms with van der Waals surface area (Å²) >= 11 is 0. The molecule has 3 rings (SSSR count). The molecule has 1 N–H and O–H groups in total. The van der Waals surface area contributed by atoms with Gasteiger partial charge in [-0.25, -0.2) is 0 Å². The average molecular weight is 401 g/mol. The first-order valence-electron chi connectivity index (χ1n) is 9.48. The molecule has 1 heterocycles. The molecular weight excluding hydrogens is 374 g/mol. The van der Waals surface area contributed by atoms with Gasteiger partial charge in [0.15, 0.2) is 11.5 Å². The molecular formula is C22H27NO6. The quantitative estimate of drug-likeness (QED) is 0.767. The SMILES string of the molecule is COc1ccc(CC(=O)N2CCO[C@H](CO)[C@H]2c2ccc(OC)c(OC)c2)cc1. The fourth-order valence-electron chi connectivity index (χ4n) is 3.62. The zero-order valence-corrected chi connectivity index (χ0v) is 17.0. The summed E-state index contributed by atoms with van der Waals surface area (Å²) < 4.78 is 21.6. The van der Waals surface area contributed by atoms with Crippen molar-refractivity contribution in [3.8, 4) is 17.2 Å². The number of amides is 1. The monoisotopic (exact) mass is 401 g/mol. The van der Waals surface area contributed by atoms with E-state index in [1.807, 2.05) is 36.4 Å². The lowest BCUT2D eigenvalue weighted by molar-refractivity contribution is -0.149. The Bertz CT molecular complexity index is 823. The van der Waals surface area contributed by atoms with Gasteiger partial charge >= 0.3 is 0 Å². The van der Waals surface area contributed by atoms with Crippen molar-refractivity contribution in [1.82, 2.24) is 4.90 Å². The molecule has 0 bridgehead atoms. The lowest BCUT2D eigenvalue weighted by Gasteiger charge is -2.41. The topological polar surface area (TPSA) is 77.5 Å². The van der Waals surface area contributed by atoms with Gasteiger partial charge in [0.1, 0.15) is 11.9 Å². The second kappa shape index (κ2) is 9.62. The Hall–Kier alpha value is -2.77. The Balaban J connectivity index is 1.87. The number of rotatable bonds is 7. The van der Waals surface area contributed by atoms with Crippen LogP contribution in [0.25, 0.3) is 0 Å². The first-order chi connectivity index (χ1) is 14.1. The van der Waals surface area contributed by atoms with E-state index >= 15 is 0 Å². The van der Waals surface area contributed by atoms with Crippen molar-refractivity contribution in [3.63, 3.8) is 0 Å². The van der Waals surface area contributed by atoms with Crippen molar-refractivity contribution in [2.75, 3.05) is 41.1 Å². The fraction of sp³-hybridized carbons (Fsp3) is 0.409. The van der Waals surface area contributed by atoms with Gasteiger partial charge in [0, 0.05) is 6.54 Å². The zero-order chi connectivity index (χ0) is 20.8. The third kappa shape index (κ3) is 4.63. The van der Waals surface area contributed by atoms with E-state index in [4.69, 9.17) is 18.9 Å². The minimum atomic E-state index is -0.512. The van der Waals surface area contributed by atoms with Crippen molar-refractivity contribution in [2.45, 2.75) is 18.6 Å². The van der Waals surface area contributed by atoms with Gasteiger partial charge in [-0.05, 0) is 35.4 Å². The van der Waals surface area contributed by atoms with Crippen molar-refractivity contribution >= 4 is 5.91 Å². The molecule has 156 valence electrons. The Morgan fingerprint density at radius 3 is 2.41 bits per heavy atom. The first-order valence-corrected chi connectivity index (χ1v) is 9.48. The first kappa shape index (κ1) is 21.0. The van der Waals surface area contributed by atoms with Gasteiger partial charge in [-0.2, -0.15) is 0 Å². The Morgan fingerprint density at radius 1 is 1.07 bits per heavy atom. The van der Waals surface area contributed by atoms with Gasteiger partial charge in [-0.3, -0.25) is 4.79 Å². The van der Waals surface area contributed by atoms with E-state index in [2.05, 4.69) is 0 Å². The van der Waals surface area contributed by atoms with E-state index in [0.717, 1.165) is 16.9 Å². The molecule has 1 amide bonds. The van der Waals surface area contributed by atoms with Crippen molar-refractivity contribution in [2.24, 2.45) is 0 Å². The normalized spacial score (nSPS) is 19.0. The second-order valence-electron chi connectivity index (χ2n) is 6.76. The maximum Gasteiger partial charge on any atom is 0.227 e. The summed E-state index contributed by atoms with van der Waals surface area (Å²) in [6, 6.07) is 12.5. The third-order valence-electron chi connectivity index (χ3n) is 5.12. The Labute approximate surface area is 170 Å². The van der Waals surface area contributed by atoms with Gasteiger partial charge in [0.25, 0.3) is 0 Å². The number of carbonyl (C=O) groups excluding carboxylic acids is 1. The van der Waals surface area contributed by atoms with Crippen LogP contribution >= 0.6 is 0 Å². The van der Waals surface area contributed by atoms with Crippen molar-refractivity contribution < 1.29 is 28.8 Å². The average Bonchev–Trinajstić information content (AvgIpc) is 2.78. The summed E-state index contributed by atoms with van der Waals surface area (Å²) in [6.45, 7) is 0.638. The number of carbonyl (C=O) groups is 1. The summed E-state index contributed by atoms with van der Waals surface area (Å²) in [5.74, 6) is 1.88. The third-order valence-corrected chi connectivity index (χ3v) is 5.12. The van der Waals surface area contributed by atoms with E-state index in [-0.39, 0.29) is 18.9 Å². The van der Waals surface area contributed by atoms with Crippen LogP contribution in [0.2, 0.25) is 0 Å². The van der Waals surface area contributed by atoms with Crippen LogP contribution in [0.5, 0.6) is 17.2 Å². The van der Waals surface area contributed by atoms with Gasteiger partial charge in [-0.15, -0.1) is 0 Å². The van der Waals surface area contributed by atoms with Crippen molar-refractivity contribution in [3.05, 3.63) is 53.6 Å². The molecule has 0 radical (unpaired) electrons. The molecule has 2 aromatic rings. The van der Waals surface area contributed by atoms with E-state index in [0.29, 0.717) is 24.7 Å². The maximum atomic E-state index is 13.1. The number of morpholine rings is 1. The molecule has 2 aromatic carbocycles. The van der Waals surface area contributed by atoms with Gasteiger partial charge in [0.2, 0.25) is 5.91 Å². The van der Waals surface area contributed by atoms with E-state index in [1.165, 1.54) is 0 Å². The fourth-order valence-corrected chi connectivity index (χ4v) is 3.62. The van der Waals surface area contributed by atoms with E-state index in [9.17, 15) is 9.90 Å². The number of hydrogen-bond acceptors (Lipinski definition) is 6. The molecule has 1 aliphatic rings. The Morgan fingerprint density at radius 2 is 1.79 bits per heavy atom. The Kier molecular flexibility index (Phi) is 6.95. The molecule has 29 heavy (non-hydrogen) atoms. The van der Waals surface area contributed by atoms with Crippen LogP contribution in [0.1, 0.15) is 17.2 Å². The molecule has 7 heteroatoms. The molecule has 1 saturated heterocycles. The summed E-state index contributed by atoms with van der Waals surface area (Å²) in [6.07, 6.45) is -0.256. The minimum Gasteiger partial charge on any atom is -0.497 e. The highest BCUT2D eigenvalue weighted by molar-refractivity contribution is 5.79. The van der Waals surface area contributed by atoms with Crippen LogP contribution in [0.15, 0.2) is 42.5 Å². The predicted octanol–water partition coefficient (Wildman–Crippen LogP) is 2.22. The molecule has 0 unspecified atom stereocenters. The molecule has 0 saturated carbocycles. The molecule has 0 aliphatic carbocycles. The largest absolute Gasteiger partial charge is 0.497 e. The van der Waals surface area contributed by atoms with Gasteiger partial charge in [0.05, 0.1) is 47.0 Å². The molecule has 1 fully saturated rings. The summed E-state index contributed by atoms with van der Waals surface area (Å²) in [7, 11) is 4.74. The van der Waals surface area contributed by atoms with Crippen LogP contribution < -0.4 is 14.2 Å². The number of hydrogen-bond donors (Lipinski definition) is 1. The lowest BCUT2D eigenvalue weighted by atomic mass is 9.97. The van der Waals surface area contributed by atoms with E-state index in [1.54, 1.807) is 32.3 Å². The van der Waals surface area contributed by atoms with Gasteiger partial charge < -0.3 is 29.0 Å². The lowest BCUT2D eigenvalue weighted by Crippen LogP contribution is -2.49. The highest BCUT2D eigenvalue weighted by Gasteiger charge is 2.36. The second-order valence-corrected chi connectivity index (χ2v) is 6.76. The molecule has 0 spiro atoms. The maximum absolute atomic E-state index is 13.1. The van der Waals surface area contributed by atoms with Crippen molar-refractivity contribution in [1.29, 1.82) is 0 Å². The van der Waals surface area contributed by atoms with Crippen LogP contribution in [0.3, 0.4) is 0 Å². The summed E-state index contributed by atoms with van der Waals surface area (Å²) in [5, 5.41) is 9.86. The number of nitrogens with zero attached hydrogens (tertiary/aromatic N) is 1. The summed E-state index contributed by atoms with van der Waals surface area (Å²) in [4.78, 5) is 14.9. The highest BCUT2D eigenvalue weighted by Crippen LogP contribution is 2.36. The molecule has 1 aliphatic heterocycles. The number of methoxy groups -OCH3 is 3. The molecule has 7 nitrogen and oxygen atoms in total. The smallest absolute Gasteiger partial charge is 0.227 e. The number of aliphatic hydroxyl groups excluding tert-OH is 1. The van der Waals surface area contributed by atoms with Crippen LogP contribution in [-0.4, -0.2) is 63.1 Å². The number of benzene rings is 2. The standard InChI is InChI=1S/C22H27NO6/c1-26-17-7-4-15(5-8-17)12-21(25)23-10-11-29-20(14-24)22(23)16-6-9-18(27-2)19(13-16)28-3/h4-9,13,20,22,24H,10-12,14H2,1-3H3/t20-,22-/m1/s1. The predicted molar refractivity (Wildman–Crippen MR) is 108 cm³/mol. The molecule has 0 aromatic heterocycles. The highest BCUT2D eigenvalue weighted by atomic mass is 16.5.